The van der Waals surface area contributed by atoms with Crippen LogP contribution in [0.5, 0.6) is 0 Å². The fourth-order valence-corrected chi connectivity index (χ4v) is 1.24. The Morgan fingerprint density at radius 1 is 1.42 bits per heavy atom. The van der Waals surface area contributed by atoms with Crippen molar-refractivity contribution in [3.63, 3.8) is 0 Å². The molecule has 0 aliphatic rings. The Morgan fingerprint density at radius 3 is 2.75 bits per heavy atom. The molecule has 0 aliphatic carbocycles. The molecule has 72 valence electrons. The lowest BCUT2D eigenvalue weighted by Gasteiger charge is -2.08. The van der Waals surface area contributed by atoms with Gasteiger partial charge < -0.3 is 13.9 Å². The zero-order chi connectivity index (χ0) is 9.23. The molecule has 0 heterocycles. The van der Waals surface area contributed by atoms with E-state index in [1.165, 1.54) is 0 Å². The standard InChI is InChI=1S/C8H17O3P/c1-3-5-6-8-11-12(9)10-7-4-2/h4,9H,2-3,5-8H2,1H3. The summed E-state index contributed by atoms with van der Waals surface area (Å²) >= 11 is 0. The number of rotatable bonds is 8. The van der Waals surface area contributed by atoms with Gasteiger partial charge in [-0.2, -0.15) is 0 Å². The number of hydrogen-bond donors (Lipinski definition) is 1. The maximum atomic E-state index is 9.05. The molecule has 0 rings (SSSR count). The number of unbranched alkanes of at least 4 members (excludes halogenated alkanes) is 2. The van der Waals surface area contributed by atoms with E-state index >= 15 is 0 Å². The van der Waals surface area contributed by atoms with Crippen molar-refractivity contribution in [2.75, 3.05) is 13.2 Å². The zero-order valence-corrected chi connectivity index (χ0v) is 8.43. The van der Waals surface area contributed by atoms with E-state index < -0.39 is 8.60 Å². The lowest BCUT2D eigenvalue weighted by molar-refractivity contribution is 0.211. The maximum Gasteiger partial charge on any atom is 0.330 e. The summed E-state index contributed by atoms with van der Waals surface area (Å²) in [5.74, 6) is 0. The zero-order valence-electron chi connectivity index (χ0n) is 7.53. The molecule has 0 fully saturated rings. The summed E-state index contributed by atoms with van der Waals surface area (Å²) in [6.45, 7) is 6.50. The van der Waals surface area contributed by atoms with Gasteiger partial charge in [-0.15, -0.1) is 6.58 Å². The summed E-state index contributed by atoms with van der Waals surface area (Å²) in [6.07, 6.45) is 4.85. The third-order valence-electron chi connectivity index (χ3n) is 1.25. The van der Waals surface area contributed by atoms with Gasteiger partial charge in [-0.25, -0.2) is 0 Å². The second-order valence-corrected chi connectivity index (χ2v) is 3.35. The summed E-state index contributed by atoms with van der Waals surface area (Å²) in [4.78, 5) is 9.05. The predicted molar refractivity (Wildman–Crippen MR) is 50.8 cm³/mol. The largest absolute Gasteiger partial charge is 0.330 e. The van der Waals surface area contributed by atoms with Crippen LogP contribution in [0.15, 0.2) is 12.7 Å². The van der Waals surface area contributed by atoms with Crippen molar-refractivity contribution in [1.29, 1.82) is 0 Å². The molecule has 0 saturated heterocycles. The molecule has 0 aromatic heterocycles. The topological polar surface area (TPSA) is 38.7 Å². The van der Waals surface area contributed by atoms with Crippen LogP contribution in [-0.4, -0.2) is 18.1 Å². The van der Waals surface area contributed by atoms with Crippen molar-refractivity contribution in [3.05, 3.63) is 12.7 Å². The number of hydrogen-bond acceptors (Lipinski definition) is 3. The quantitative estimate of drug-likeness (QED) is 0.365. The molecule has 0 aliphatic heterocycles. The molecule has 0 radical (unpaired) electrons. The van der Waals surface area contributed by atoms with Gasteiger partial charge in [-0.05, 0) is 6.42 Å². The Kier molecular flexibility index (Phi) is 9.18. The van der Waals surface area contributed by atoms with Gasteiger partial charge in [0.25, 0.3) is 0 Å². The van der Waals surface area contributed by atoms with Gasteiger partial charge in [0.1, 0.15) is 0 Å². The Balaban J connectivity index is 3.07. The fraction of sp³-hybridized carbons (Fsp3) is 0.750. The molecule has 0 amide bonds. The first-order valence-electron chi connectivity index (χ1n) is 4.17. The van der Waals surface area contributed by atoms with Crippen LogP contribution in [0.2, 0.25) is 0 Å². The SMILES string of the molecule is C=CCOP(O)OCCCCC. The van der Waals surface area contributed by atoms with Crippen molar-refractivity contribution < 1.29 is 13.9 Å². The van der Waals surface area contributed by atoms with Gasteiger partial charge in [-0.1, -0.05) is 25.8 Å². The monoisotopic (exact) mass is 192 g/mol. The van der Waals surface area contributed by atoms with Crippen LogP contribution in [0.3, 0.4) is 0 Å². The summed E-state index contributed by atoms with van der Waals surface area (Å²) in [5, 5.41) is 0. The van der Waals surface area contributed by atoms with Crippen molar-refractivity contribution in [1.82, 2.24) is 0 Å². The lowest BCUT2D eigenvalue weighted by atomic mass is 10.3. The molecule has 0 aromatic carbocycles. The van der Waals surface area contributed by atoms with Crippen LogP contribution in [0.4, 0.5) is 0 Å². The minimum Gasteiger partial charge on any atom is -0.328 e. The van der Waals surface area contributed by atoms with Crippen LogP contribution in [0, 0.1) is 0 Å². The summed E-state index contributed by atoms with van der Waals surface area (Å²) in [5.41, 5.74) is 0. The first-order valence-corrected chi connectivity index (χ1v) is 5.30. The van der Waals surface area contributed by atoms with Crippen molar-refractivity contribution in [2.24, 2.45) is 0 Å². The maximum absolute atomic E-state index is 9.05. The fourth-order valence-electron chi connectivity index (χ4n) is 0.648. The normalized spacial score (nSPS) is 12.8. The molecule has 1 unspecified atom stereocenters. The van der Waals surface area contributed by atoms with Crippen LogP contribution in [-0.2, 0) is 9.05 Å². The van der Waals surface area contributed by atoms with Crippen molar-refractivity contribution >= 4 is 8.60 Å². The Morgan fingerprint density at radius 2 is 2.17 bits per heavy atom. The summed E-state index contributed by atoms with van der Waals surface area (Å²) < 4.78 is 9.85. The Hall–Kier alpha value is 0.0500. The molecule has 0 spiro atoms. The second kappa shape index (κ2) is 9.14. The third-order valence-corrected chi connectivity index (χ3v) is 2.03. The molecule has 0 saturated carbocycles. The van der Waals surface area contributed by atoms with E-state index in [4.69, 9.17) is 13.9 Å². The van der Waals surface area contributed by atoms with Gasteiger partial charge >= 0.3 is 8.60 Å². The van der Waals surface area contributed by atoms with E-state index in [2.05, 4.69) is 13.5 Å². The minimum atomic E-state index is -1.67. The van der Waals surface area contributed by atoms with Crippen LogP contribution >= 0.6 is 8.60 Å². The summed E-state index contributed by atoms with van der Waals surface area (Å²) in [7, 11) is -1.67. The van der Waals surface area contributed by atoms with Crippen molar-refractivity contribution in [2.45, 2.75) is 26.2 Å². The molecule has 0 aromatic rings. The van der Waals surface area contributed by atoms with E-state index in [-0.39, 0.29) is 0 Å². The predicted octanol–water partition coefficient (Wildman–Crippen LogP) is 2.62. The molecule has 1 N–H and O–H groups in total. The lowest BCUT2D eigenvalue weighted by Crippen LogP contribution is -1.92. The summed E-state index contributed by atoms with van der Waals surface area (Å²) in [6, 6.07) is 0. The molecule has 3 nitrogen and oxygen atoms in total. The highest BCUT2D eigenvalue weighted by molar-refractivity contribution is 7.40. The first kappa shape index (κ1) is 12.0. The highest BCUT2D eigenvalue weighted by Crippen LogP contribution is 2.32. The van der Waals surface area contributed by atoms with Crippen LogP contribution in [0.1, 0.15) is 26.2 Å². The molecular formula is C8H17O3P. The van der Waals surface area contributed by atoms with Crippen molar-refractivity contribution in [3.8, 4) is 0 Å². The van der Waals surface area contributed by atoms with Gasteiger partial charge in [0.2, 0.25) is 0 Å². The van der Waals surface area contributed by atoms with E-state index in [1.54, 1.807) is 6.08 Å². The molecule has 1 atom stereocenters. The Labute approximate surface area is 75.4 Å². The molecule has 0 bridgehead atoms. The molecular weight excluding hydrogens is 175 g/mol. The van der Waals surface area contributed by atoms with E-state index in [9.17, 15) is 0 Å². The van der Waals surface area contributed by atoms with E-state index in [0.717, 1.165) is 19.3 Å². The highest BCUT2D eigenvalue weighted by atomic mass is 31.2. The Bertz CT molecular complexity index is 108. The second-order valence-electron chi connectivity index (χ2n) is 2.36. The van der Waals surface area contributed by atoms with Gasteiger partial charge in [0.05, 0.1) is 13.2 Å². The molecule has 12 heavy (non-hydrogen) atoms. The van der Waals surface area contributed by atoms with Gasteiger partial charge in [0, 0.05) is 0 Å². The smallest absolute Gasteiger partial charge is 0.328 e. The minimum absolute atomic E-state index is 0.343. The van der Waals surface area contributed by atoms with Crippen LogP contribution in [0.25, 0.3) is 0 Å². The first-order chi connectivity index (χ1) is 5.81. The van der Waals surface area contributed by atoms with E-state index in [0.29, 0.717) is 13.2 Å². The average molecular weight is 192 g/mol. The van der Waals surface area contributed by atoms with Gasteiger partial charge in [-0.3, -0.25) is 0 Å². The highest BCUT2D eigenvalue weighted by Gasteiger charge is 2.03. The van der Waals surface area contributed by atoms with Crippen LogP contribution < -0.4 is 0 Å². The average Bonchev–Trinajstić information content (AvgIpc) is 2.09. The van der Waals surface area contributed by atoms with E-state index in [1.807, 2.05) is 0 Å². The molecule has 4 heteroatoms. The third kappa shape index (κ3) is 8.15. The van der Waals surface area contributed by atoms with Gasteiger partial charge in [0.15, 0.2) is 0 Å².